The molecule has 2 heterocycles. The molecule has 1 aromatic heterocycles. The maximum atomic E-state index is 12.5. The van der Waals surface area contributed by atoms with Gasteiger partial charge in [-0.25, -0.2) is 0 Å². The van der Waals surface area contributed by atoms with E-state index in [2.05, 4.69) is 10.2 Å². The molecule has 1 aliphatic heterocycles. The minimum Gasteiger partial charge on any atom is -0.496 e. The van der Waals surface area contributed by atoms with Gasteiger partial charge in [-0.15, -0.1) is 0 Å². The second-order valence-corrected chi connectivity index (χ2v) is 8.71. The maximum Gasteiger partial charge on any atom is 0.257 e. The van der Waals surface area contributed by atoms with Crippen LogP contribution in [0.4, 0.5) is 0 Å². The third-order valence-corrected chi connectivity index (χ3v) is 6.30. The van der Waals surface area contributed by atoms with Gasteiger partial charge in [0.1, 0.15) is 17.8 Å². The molecular formula is C28H32N2O7. The van der Waals surface area contributed by atoms with Crippen molar-refractivity contribution in [3.8, 4) is 23.0 Å². The molecule has 0 fully saturated rings. The number of methoxy groups -OCH3 is 3. The SMILES string of the molecule is COc1ccccc1CCNC(=O)COc1coc(CN2CCc3cc(OC)c(OC)cc3C2)cc1=O. The van der Waals surface area contributed by atoms with E-state index < -0.39 is 0 Å². The number of rotatable bonds is 11. The van der Waals surface area contributed by atoms with Gasteiger partial charge in [-0.2, -0.15) is 0 Å². The smallest absolute Gasteiger partial charge is 0.257 e. The van der Waals surface area contributed by atoms with Crippen LogP contribution in [0.5, 0.6) is 23.0 Å². The van der Waals surface area contributed by atoms with Crippen LogP contribution in [0.15, 0.2) is 57.9 Å². The zero-order valence-corrected chi connectivity index (χ0v) is 21.4. The van der Waals surface area contributed by atoms with Gasteiger partial charge in [0, 0.05) is 25.7 Å². The summed E-state index contributed by atoms with van der Waals surface area (Å²) in [5.41, 5.74) is 3.05. The Balaban J connectivity index is 1.27. The topological polar surface area (TPSA) is 99.5 Å². The van der Waals surface area contributed by atoms with E-state index in [1.165, 1.54) is 17.9 Å². The number of hydrogen-bond acceptors (Lipinski definition) is 8. The van der Waals surface area contributed by atoms with E-state index in [0.717, 1.165) is 35.6 Å². The van der Waals surface area contributed by atoms with Crippen LogP contribution >= 0.6 is 0 Å². The maximum absolute atomic E-state index is 12.5. The number of carbonyl (C=O) groups excluding carboxylic acids is 1. The van der Waals surface area contributed by atoms with Gasteiger partial charge in [-0.3, -0.25) is 14.5 Å². The zero-order chi connectivity index (χ0) is 26.2. The van der Waals surface area contributed by atoms with Gasteiger partial charge in [0.2, 0.25) is 11.2 Å². The number of fused-ring (bicyclic) bond motifs is 1. The van der Waals surface area contributed by atoms with Crippen LogP contribution in [0, 0.1) is 0 Å². The Labute approximate surface area is 215 Å². The third kappa shape index (κ3) is 6.62. The van der Waals surface area contributed by atoms with Gasteiger partial charge < -0.3 is 28.7 Å². The standard InChI is InChI=1S/C28H32N2O7/c1-33-24-7-5-4-6-19(24)8-10-29-28(32)18-37-27-17-36-22(14-23(27)31)16-30-11-9-20-12-25(34-2)26(35-3)13-21(20)15-30/h4-7,12-14,17H,8-11,15-16,18H2,1-3H3,(H,29,32). The Bertz CT molecular complexity index is 1290. The lowest BCUT2D eigenvalue weighted by Crippen LogP contribution is -2.31. The molecule has 0 saturated heterocycles. The van der Waals surface area contributed by atoms with Crippen molar-refractivity contribution in [1.82, 2.24) is 10.2 Å². The summed E-state index contributed by atoms with van der Waals surface area (Å²) in [7, 11) is 4.86. The second-order valence-electron chi connectivity index (χ2n) is 8.71. The minimum atomic E-state index is -0.327. The first-order valence-corrected chi connectivity index (χ1v) is 12.1. The first-order valence-electron chi connectivity index (χ1n) is 12.1. The Hall–Kier alpha value is -3.98. The Morgan fingerprint density at radius 1 is 0.973 bits per heavy atom. The van der Waals surface area contributed by atoms with Crippen molar-refractivity contribution in [2.75, 3.05) is 41.0 Å². The zero-order valence-electron chi connectivity index (χ0n) is 21.4. The molecule has 9 nitrogen and oxygen atoms in total. The highest BCUT2D eigenvalue weighted by Crippen LogP contribution is 2.33. The predicted octanol–water partition coefficient (Wildman–Crippen LogP) is 2.96. The lowest BCUT2D eigenvalue weighted by molar-refractivity contribution is -0.123. The van der Waals surface area contributed by atoms with Gasteiger partial charge in [0.25, 0.3) is 5.91 Å². The number of para-hydroxylation sites is 1. The lowest BCUT2D eigenvalue weighted by Gasteiger charge is -2.29. The highest BCUT2D eigenvalue weighted by Gasteiger charge is 2.20. The second kappa shape index (κ2) is 12.3. The summed E-state index contributed by atoms with van der Waals surface area (Å²) >= 11 is 0. The molecule has 0 atom stereocenters. The largest absolute Gasteiger partial charge is 0.496 e. The van der Waals surface area contributed by atoms with Crippen molar-refractivity contribution in [3.05, 3.63) is 81.4 Å². The molecule has 0 saturated carbocycles. The van der Waals surface area contributed by atoms with Crippen molar-refractivity contribution >= 4 is 5.91 Å². The number of hydrogen-bond donors (Lipinski definition) is 1. The third-order valence-electron chi connectivity index (χ3n) is 6.30. The van der Waals surface area contributed by atoms with Crippen LogP contribution in [-0.4, -0.2) is 51.8 Å². The average molecular weight is 509 g/mol. The quantitative estimate of drug-likeness (QED) is 0.422. The molecule has 3 aromatic rings. The monoisotopic (exact) mass is 508 g/mol. The summed E-state index contributed by atoms with van der Waals surface area (Å²) in [5, 5.41) is 2.79. The predicted molar refractivity (Wildman–Crippen MR) is 138 cm³/mol. The van der Waals surface area contributed by atoms with Gasteiger partial charge >= 0.3 is 0 Å². The molecule has 0 radical (unpaired) electrons. The summed E-state index contributed by atoms with van der Waals surface area (Å²) in [6, 6.07) is 13.1. The Morgan fingerprint density at radius 3 is 2.43 bits per heavy atom. The van der Waals surface area contributed by atoms with Crippen LogP contribution in [0.25, 0.3) is 0 Å². The highest BCUT2D eigenvalue weighted by atomic mass is 16.5. The summed E-state index contributed by atoms with van der Waals surface area (Å²) in [6.07, 6.45) is 2.74. The van der Waals surface area contributed by atoms with E-state index in [1.54, 1.807) is 21.3 Å². The molecule has 196 valence electrons. The first-order chi connectivity index (χ1) is 18.0. The lowest BCUT2D eigenvalue weighted by atomic mass is 9.98. The van der Waals surface area contributed by atoms with Crippen LogP contribution in [0.3, 0.4) is 0 Å². The molecule has 0 unspecified atom stereocenters. The van der Waals surface area contributed by atoms with Crippen molar-refractivity contribution in [2.45, 2.75) is 25.9 Å². The van der Waals surface area contributed by atoms with E-state index >= 15 is 0 Å². The molecule has 2 aromatic carbocycles. The van der Waals surface area contributed by atoms with E-state index in [-0.39, 0.29) is 23.7 Å². The van der Waals surface area contributed by atoms with Crippen LogP contribution in [0.1, 0.15) is 22.5 Å². The number of ether oxygens (including phenoxy) is 4. The molecule has 1 amide bonds. The summed E-state index contributed by atoms with van der Waals surface area (Å²) in [4.78, 5) is 26.9. The van der Waals surface area contributed by atoms with E-state index in [1.807, 2.05) is 36.4 Å². The van der Waals surface area contributed by atoms with Gasteiger partial charge in [-0.05, 0) is 47.7 Å². The Kier molecular flexibility index (Phi) is 8.68. The fourth-order valence-corrected chi connectivity index (χ4v) is 4.36. The molecule has 37 heavy (non-hydrogen) atoms. The molecule has 1 aliphatic rings. The van der Waals surface area contributed by atoms with Crippen molar-refractivity contribution in [2.24, 2.45) is 0 Å². The first kappa shape index (κ1) is 26.1. The number of amides is 1. The minimum absolute atomic E-state index is 0.00412. The molecule has 0 bridgehead atoms. The van der Waals surface area contributed by atoms with Gasteiger partial charge in [0.15, 0.2) is 18.1 Å². The number of nitrogens with one attached hydrogen (secondary N) is 1. The fraction of sp³-hybridized carbons (Fsp3) is 0.357. The number of nitrogens with zero attached hydrogens (tertiary/aromatic N) is 1. The van der Waals surface area contributed by atoms with Crippen molar-refractivity contribution in [3.63, 3.8) is 0 Å². The van der Waals surface area contributed by atoms with E-state index in [0.29, 0.717) is 37.6 Å². The molecular weight excluding hydrogens is 476 g/mol. The molecule has 0 aliphatic carbocycles. The summed E-state index contributed by atoms with van der Waals surface area (Å²) in [6.45, 7) is 2.15. The van der Waals surface area contributed by atoms with E-state index in [4.69, 9.17) is 23.4 Å². The average Bonchev–Trinajstić information content (AvgIpc) is 2.92. The number of carbonyl (C=O) groups is 1. The van der Waals surface area contributed by atoms with Crippen LogP contribution in [0.2, 0.25) is 0 Å². The molecule has 1 N–H and O–H groups in total. The van der Waals surface area contributed by atoms with Gasteiger partial charge in [0.05, 0.1) is 27.9 Å². The van der Waals surface area contributed by atoms with E-state index in [9.17, 15) is 9.59 Å². The summed E-state index contributed by atoms with van der Waals surface area (Å²) < 4.78 is 27.2. The molecule has 9 heteroatoms. The van der Waals surface area contributed by atoms with Crippen molar-refractivity contribution < 1.29 is 28.2 Å². The van der Waals surface area contributed by atoms with Crippen LogP contribution < -0.4 is 29.7 Å². The molecule has 4 rings (SSSR count). The highest BCUT2D eigenvalue weighted by molar-refractivity contribution is 5.77. The van der Waals surface area contributed by atoms with Crippen molar-refractivity contribution in [1.29, 1.82) is 0 Å². The van der Waals surface area contributed by atoms with Gasteiger partial charge in [-0.1, -0.05) is 18.2 Å². The summed E-state index contributed by atoms with van der Waals surface area (Å²) in [5.74, 6) is 2.41. The normalized spacial score (nSPS) is 12.9. The molecule has 0 spiro atoms. The fourth-order valence-electron chi connectivity index (χ4n) is 4.36. The number of benzene rings is 2. The Morgan fingerprint density at radius 2 is 1.70 bits per heavy atom. The van der Waals surface area contributed by atoms with Crippen LogP contribution in [-0.2, 0) is 30.7 Å².